The Hall–Kier alpha value is -3.13. The average Bonchev–Trinajstić information content (AvgIpc) is 3.32. The zero-order chi connectivity index (χ0) is 24.0. The quantitative estimate of drug-likeness (QED) is 0.260. The Morgan fingerprint density at radius 3 is 2.52 bits per heavy atom. The molecule has 33 heavy (non-hydrogen) atoms. The van der Waals surface area contributed by atoms with Gasteiger partial charge in [-0.05, 0) is 60.2 Å². The predicted molar refractivity (Wildman–Crippen MR) is 127 cm³/mol. The Bertz CT molecular complexity index is 1110. The van der Waals surface area contributed by atoms with Gasteiger partial charge in [-0.2, -0.15) is 4.98 Å². The zero-order valence-electron chi connectivity index (χ0n) is 19.1. The van der Waals surface area contributed by atoms with E-state index in [0.717, 1.165) is 5.56 Å². The molecule has 0 aliphatic carbocycles. The van der Waals surface area contributed by atoms with E-state index in [2.05, 4.69) is 16.7 Å². The third-order valence-corrected chi connectivity index (χ3v) is 5.68. The van der Waals surface area contributed by atoms with Crippen molar-refractivity contribution in [3.63, 3.8) is 0 Å². The molecule has 6 nitrogen and oxygen atoms in total. The first-order chi connectivity index (χ1) is 15.8. The summed E-state index contributed by atoms with van der Waals surface area (Å²) in [6.45, 7) is 9.64. The SMILES string of the molecule is C=C(COC(=O)C(CC)Oc1ccc(-c2noc(C(C)C)n2)cc1)c1ccc(SC)c(F)c1. The van der Waals surface area contributed by atoms with E-state index in [0.29, 0.717) is 39.9 Å². The van der Waals surface area contributed by atoms with Crippen molar-refractivity contribution in [2.45, 2.75) is 44.1 Å². The van der Waals surface area contributed by atoms with Crippen LogP contribution >= 0.6 is 11.8 Å². The largest absolute Gasteiger partial charge is 0.479 e. The highest BCUT2D eigenvalue weighted by atomic mass is 32.2. The number of ether oxygens (including phenoxy) is 2. The van der Waals surface area contributed by atoms with Gasteiger partial charge in [-0.15, -0.1) is 11.8 Å². The van der Waals surface area contributed by atoms with Gasteiger partial charge in [0.2, 0.25) is 11.7 Å². The molecule has 1 unspecified atom stereocenters. The lowest BCUT2D eigenvalue weighted by Gasteiger charge is -2.17. The maximum Gasteiger partial charge on any atom is 0.347 e. The molecule has 0 N–H and O–H groups in total. The van der Waals surface area contributed by atoms with Crippen molar-refractivity contribution >= 4 is 23.3 Å². The van der Waals surface area contributed by atoms with Crippen molar-refractivity contribution in [2.24, 2.45) is 0 Å². The average molecular weight is 471 g/mol. The second kappa shape index (κ2) is 11.1. The second-order valence-electron chi connectivity index (χ2n) is 7.71. The van der Waals surface area contributed by atoms with E-state index < -0.39 is 12.1 Å². The molecular weight excluding hydrogens is 443 g/mol. The Morgan fingerprint density at radius 2 is 1.94 bits per heavy atom. The lowest BCUT2D eigenvalue weighted by atomic mass is 10.1. The number of hydrogen-bond donors (Lipinski definition) is 0. The monoisotopic (exact) mass is 470 g/mol. The molecule has 1 heterocycles. The molecule has 3 aromatic rings. The maximum absolute atomic E-state index is 14.0. The molecular formula is C25H27FN2O4S. The molecule has 1 atom stereocenters. The van der Waals surface area contributed by atoms with Crippen molar-refractivity contribution in [3.05, 3.63) is 66.3 Å². The standard InChI is InChI=1S/C25H27FN2O4S/c1-6-21(25(29)30-14-16(4)18-9-12-22(33-5)20(26)13-18)31-19-10-7-17(8-11-19)23-27-24(15(2)3)32-28-23/h7-13,15,21H,4,6,14H2,1-3,5H3. The molecule has 0 amide bonds. The first kappa shape index (κ1) is 24.5. The van der Waals surface area contributed by atoms with Crippen molar-refractivity contribution in [2.75, 3.05) is 12.9 Å². The third kappa shape index (κ3) is 6.22. The molecule has 0 radical (unpaired) electrons. The highest BCUT2D eigenvalue weighted by Gasteiger charge is 2.21. The minimum absolute atomic E-state index is 0.0499. The first-order valence-corrected chi connectivity index (χ1v) is 11.8. The Labute approximate surface area is 197 Å². The van der Waals surface area contributed by atoms with Crippen LogP contribution in [0.3, 0.4) is 0 Å². The molecule has 0 saturated heterocycles. The van der Waals surface area contributed by atoms with Crippen LogP contribution in [0.2, 0.25) is 0 Å². The van der Waals surface area contributed by atoms with Crippen LogP contribution in [0.1, 0.15) is 44.6 Å². The normalized spacial score (nSPS) is 11.9. The fourth-order valence-electron chi connectivity index (χ4n) is 2.95. The number of thioether (sulfide) groups is 1. The number of aromatic nitrogens is 2. The van der Waals surface area contributed by atoms with Crippen molar-refractivity contribution in [3.8, 4) is 17.1 Å². The summed E-state index contributed by atoms with van der Waals surface area (Å²) in [5.74, 6) is 0.898. The van der Waals surface area contributed by atoms with E-state index in [-0.39, 0.29) is 18.3 Å². The molecule has 174 valence electrons. The van der Waals surface area contributed by atoms with Crippen LogP contribution in [0.4, 0.5) is 4.39 Å². The molecule has 0 bridgehead atoms. The van der Waals surface area contributed by atoms with Gasteiger partial charge in [-0.1, -0.05) is 38.6 Å². The van der Waals surface area contributed by atoms with Crippen LogP contribution < -0.4 is 4.74 Å². The van der Waals surface area contributed by atoms with Gasteiger partial charge < -0.3 is 14.0 Å². The van der Waals surface area contributed by atoms with Gasteiger partial charge in [-0.25, -0.2) is 9.18 Å². The zero-order valence-corrected chi connectivity index (χ0v) is 19.9. The molecule has 0 spiro atoms. The van der Waals surface area contributed by atoms with Crippen LogP contribution in [-0.2, 0) is 9.53 Å². The number of halogens is 1. The number of nitrogens with zero attached hydrogens (tertiary/aromatic N) is 2. The molecule has 1 aromatic heterocycles. The Morgan fingerprint density at radius 1 is 1.21 bits per heavy atom. The minimum atomic E-state index is -0.781. The van der Waals surface area contributed by atoms with Crippen LogP contribution in [0, 0.1) is 5.82 Å². The van der Waals surface area contributed by atoms with E-state index in [1.807, 2.05) is 20.8 Å². The summed E-state index contributed by atoms with van der Waals surface area (Å²) >= 11 is 1.33. The summed E-state index contributed by atoms with van der Waals surface area (Å²) in [6.07, 6.45) is 1.45. The van der Waals surface area contributed by atoms with Gasteiger partial charge in [-0.3, -0.25) is 0 Å². The van der Waals surface area contributed by atoms with E-state index in [4.69, 9.17) is 14.0 Å². The topological polar surface area (TPSA) is 74.5 Å². The molecule has 0 aliphatic heterocycles. The summed E-state index contributed by atoms with van der Waals surface area (Å²) in [7, 11) is 0. The Balaban J connectivity index is 1.57. The first-order valence-electron chi connectivity index (χ1n) is 10.6. The van der Waals surface area contributed by atoms with E-state index >= 15 is 0 Å². The van der Waals surface area contributed by atoms with Crippen LogP contribution in [0.25, 0.3) is 17.0 Å². The number of carbonyl (C=O) groups is 1. The van der Waals surface area contributed by atoms with Crippen LogP contribution in [-0.4, -0.2) is 35.1 Å². The summed E-state index contributed by atoms with van der Waals surface area (Å²) in [6, 6.07) is 11.9. The summed E-state index contributed by atoms with van der Waals surface area (Å²) in [5.41, 5.74) is 1.88. The van der Waals surface area contributed by atoms with Gasteiger partial charge in [0.15, 0.2) is 6.10 Å². The third-order valence-electron chi connectivity index (χ3n) is 4.91. The highest BCUT2D eigenvalue weighted by molar-refractivity contribution is 7.98. The fraction of sp³-hybridized carbons (Fsp3) is 0.320. The number of esters is 1. The van der Waals surface area contributed by atoms with Crippen molar-refractivity contribution in [1.82, 2.24) is 10.1 Å². The summed E-state index contributed by atoms with van der Waals surface area (Å²) in [4.78, 5) is 17.5. The second-order valence-corrected chi connectivity index (χ2v) is 8.56. The minimum Gasteiger partial charge on any atom is -0.479 e. The molecule has 0 aliphatic rings. The molecule has 8 heteroatoms. The van der Waals surface area contributed by atoms with E-state index in [1.165, 1.54) is 17.8 Å². The number of rotatable bonds is 10. The molecule has 0 fully saturated rings. The van der Waals surface area contributed by atoms with Crippen LogP contribution in [0.5, 0.6) is 5.75 Å². The van der Waals surface area contributed by atoms with Gasteiger partial charge in [0.1, 0.15) is 18.2 Å². The lowest BCUT2D eigenvalue weighted by Crippen LogP contribution is -2.29. The fourth-order valence-corrected chi connectivity index (χ4v) is 3.41. The molecule has 2 aromatic carbocycles. The van der Waals surface area contributed by atoms with Gasteiger partial charge >= 0.3 is 5.97 Å². The summed E-state index contributed by atoms with van der Waals surface area (Å²) in [5, 5.41) is 3.99. The number of carbonyl (C=O) groups excluding carboxylic acids is 1. The van der Waals surface area contributed by atoms with Crippen molar-refractivity contribution in [1.29, 1.82) is 0 Å². The summed E-state index contributed by atoms with van der Waals surface area (Å²) < 4.78 is 30.4. The van der Waals surface area contributed by atoms with Gasteiger partial charge in [0.05, 0.1) is 0 Å². The molecule has 0 saturated carbocycles. The highest BCUT2D eigenvalue weighted by Crippen LogP contribution is 2.25. The van der Waals surface area contributed by atoms with Gasteiger partial charge in [0, 0.05) is 16.4 Å². The predicted octanol–water partition coefficient (Wildman–Crippen LogP) is 6.14. The number of benzene rings is 2. The van der Waals surface area contributed by atoms with Gasteiger partial charge in [0.25, 0.3) is 0 Å². The molecule has 3 rings (SSSR count). The lowest BCUT2D eigenvalue weighted by molar-refractivity contribution is -0.150. The number of hydrogen-bond acceptors (Lipinski definition) is 7. The van der Waals surface area contributed by atoms with E-state index in [9.17, 15) is 9.18 Å². The smallest absolute Gasteiger partial charge is 0.347 e. The van der Waals surface area contributed by atoms with Crippen LogP contribution in [0.15, 0.2) is 58.5 Å². The maximum atomic E-state index is 14.0. The van der Waals surface area contributed by atoms with E-state index in [1.54, 1.807) is 42.7 Å². The Kier molecular flexibility index (Phi) is 8.27. The van der Waals surface area contributed by atoms with Crippen molar-refractivity contribution < 1.29 is 23.2 Å².